The maximum absolute atomic E-state index is 2.36. The van der Waals surface area contributed by atoms with E-state index in [1.54, 1.807) is 0 Å². The molecule has 0 aliphatic rings. The molecule has 16 heavy (non-hydrogen) atoms. The van der Waals surface area contributed by atoms with Crippen LogP contribution in [0.2, 0.25) is 0 Å². The maximum atomic E-state index is 2.36. The average Bonchev–Trinajstić information content (AvgIpc) is 2.26. The Morgan fingerprint density at radius 1 is 0.938 bits per heavy atom. The van der Waals surface area contributed by atoms with Crippen molar-refractivity contribution in [1.29, 1.82) is 0 Å². The van der Waals surface area contributed by atoms with Gasteiger partial charge >= 0.3 is 0 Å². The Hall–Kier alpha value is -1.30. The van der Waals surface area contributed by atoms with E-state index in [2.05, 4.69) is 64.1 Å². The number of fused-ring (bicyclic) bond motifs is 1. The number of rotatable bonds is 1. The summed E-state index contributed by atoms with van der Waals surface area (Å²) >= 11 is 0. The fourth-order valence-corrected chi connectivity index (χ4v) is 2.28. The molecule has 0 heterocycles. The summed E-state index contributed by atoms with van der Waals surface area (Å²) in [5.74, 6) is 0. The SMILES string of the molecule is CCc1cc2ccccc2cc1C(C)(C)C. The van der Waals surface area contributed by atoms with Crippen LogP contribution in [0.4, 0.5) is 0 Å². The van der Waals surface area contributed by atoms with E-state index in [1.807, 2.05) is 0 Å². The van der Waals surface area contributed by atoms with E-state index in [0.717, 1.165) is 6.42 Å². The van der Waals surface area contributed by atoms with Crippen molar-refractivity contribution < 1.29 is 0 Å². The molecule has 0 radical (unpaired) electrons. The predicted molar refractivity (Wildman–Crippen MR) is 72.0 cm³/mol. The Morgan fingerprint density at radius 2 is 1.50 bits per heavy atom. The molecule has 0 saturated heterocycles. The van der Waals surface area contributed by atoms with Crippen molar-refractivity contribution in [2.75, 3.05) is 0 Å². The molecule has 0 nitrogen and oxygen atoms in total. The van der Waals surface area contributed by atoms with Gasteiger partial charge < -0.3 is 0 Å². The van der Waals surface area contributed by atoms with Gasteiger partial charge in [-0.05, 0) is 33.7 Å². The van der Waals surface area contributed by atoms with Crippen LogP contribution >= 0.6 is 0 Å². The zero-order valence-corrected chi connectivity index (χ0v) is 10.7. The van der Waals surface area contributed by atoms with E-state index in [-0.39, 0.29) is 5.41 Å². The van der Waals surface area contributed by atoms with Crippen LogP contribution in [-0.2, 0) is 11.8 Å². The summed E-state index contributed by atoms with van der Waals surface area (Å²) in [6, 6.07) is 13.3. The standard InChI is InChI=1S/C16H20/c1-5-12-10-13-8-6-7-9-14(13)11-15(12)16(2,3)4/h6-11H,5H2,1-4H3. The third kappa shape index (κ3) is 1.97. The van der Waals surface area contributed by atoms with E-state index < -0.39 is 0 Å². The summed E-state index contributed by atoms with van der Waals surface area (Å²) < 4.78 is 0. The largest absolute Gasteiger partial charge is 0.0616 e. The summed E-state index contributed by atoms with van der Waals surface area (Å²) in [5.41, 5.74) is 3.19. The van der Waals surface area contributed by atoms with Gasteiger partial charge in [0.15, 0.2) is 0 Å². The molecule has 0 heteroatoms. The number of hydrogen-bond donors (Lipinski definition) is 0. The van der Waals surface area contributed by atoms with Gasteiger partial charge in [0.1, 0.15) is 0 Å². The average molecular weight is 212 g/mol. The van der Waals surface area contributed by atoms with Crippen LogP contribution in [0.1, 0.15) is 38.8 Å². The van der Waals surface area contributed by atoms with Crippen LogP contribution < -0.4 is 0 Å². The molecular formula is C16H20. The molecule has 2 aromatic rings. The molecule has 2 aromatic carbocycles. The highest BCUT2D eigenvalue weighted by atomic mass is 14.2. The first-order chi connectivity index (χ1) is 7.52. The van der Waals surface area contributed by atoms with Gasteiger partial charge in [0.2, 0.25) is 0 Å². The molecule has 0 saturated carbocycles. The second-order valence-electron chi connectivity index (χ2n) is 5.46. The van der Waals surface area contributed by atoms with Crippen LogP contribution in [-0.4, -0.2) is 0 Å². The molecular weight excluding hydrogens is 192 g/mol. The fraction of sp³-hybridized carbons (Fsp3) is 0.375. The lowest BCUT2D eigenvalue weighted by Gasteiger charge is -2.23. The normalized spacial score (nSPS) is 12.0. The topological polar surface area (TPSA) is 0 Å². The van der Waals surface area contributed by atoms with E-state index in [9.17, 15) is 0 Å². The minimum absolute atomic E-state index is 0.232. The second-order valence-corrected chi connectivity index (χ2v) is 5.46. The highest BCUT2D eigenvalue weighted by Crippen LogP contribution is 2.30. The minimum atomic E-state index is 0.232. The number of benzene rings is 2. The van der Waals surface area contributed by atoms with Crippen molar-refractivity contribution in [3.8, 4) is 0 Å². The Balaban J connectivity index is 2.73. The van der Waals surface area contributed by atoms with E-state index in [4.69, 9.17) is 0 Å². The predicted octanol–water partition coefficient (Wildman–Crippen LogP) is 4.70. The monoisotopic (exact) mass is 212 g/mol. The first-order valence-corrected chi connectivity index (χ1v) is 6.04. The van der Waals surface area contributed by atoms with Crippen LogP contribution in [0.3, 0.4) is 0 Å². The lowest BCUT2D eigenvalue weighted by molar-refractivity contribution is 0.584. The first kappa shape index (κ1) is 11.2. The zero-order chi connectivity index (χ0) is 11.8. The van der Waals surface area contributed by atoms with Gasteiger partial charge in [0.05, 0.1) is 0 Å². The zero-order valence-electron chi connectivity index (χ0n) is 10.7. The summed E-state index contributed by atoms with van der Waals surface area (Å²) in [7, 11) is 0. The summed E-state index contributed by atoms with van der Waals surface area (Å²) in [5, 5.41) is 2.71. The van der Waals surface area contributed by atoms with Gasteiger partial charge in [0.25, 0.3) is 0 Å². The molecule has 0 fully saturated rings. The van der Waals surface area contributed by atoms with Gasteiger partial charge in [-0.1, -0.05) is 64.1 Å². The third-order valence-corrected chi connectivity index (χ3v) is 3.16. The minimum Gasteiger partial charge on any atom is -0.0616 e. The van der Waals surface area contributed by atoms with Crippen molar-refractivity contribution in [1.82, 2.24) is 0 Å². The van der Waals surface area contributed by atoms with E-state index >= 15 is 0 Å². The second kappa shape index (κ2) is 3.93. The lowest BCUT2D eigenvalue weighted by atomic mass is 9.82. The quantitative estimate of drug-likeness (QED) is 0.642. The molecule has 0 unspecified atom stereocenters. The maximum Gasteiger partial charge on any atom is -0.0129 e. The van der Waals surface area contributed by atoms with Gasteiger partial charge in [-0.25, -0.2) is 0 Å². The van der Waals surface area contributed by atoms with Gasteiger partial charge in [-0.15, -0.1) is 0 Å². The van der Waals surface area contributed by atoms with Crippen molar-refractivity contribution in [2.45, 2.75) is 39.5 Å². The molecule has 0 aliphatic carbocycles. The van der Waals surface area contributed by atoms with Gasteiger partial charge in [-0.2, -0.15) is 0 Å². The van der Waals surface area contributed by atoms with Crippen molar-refractivity contribution in [3.63, 3.8) is 0 Å². The summed E-state index contributed by atoms with van der Waals surface area (Å²) in [6.45, 7) is 9.10. The molecule has 0 aromatic heterocycles. The Labute approximate surface area is 98.3 Å². The Morgan fingerprint density at radius 3 is 2.00 bits per heavy atom. The number of hydrogen-bond acceptors (Lipinski definition) is 0. The lowest BCUT2D eigenvalue weighted by Crippen LogP contribution is -2.14. The van der Waals surface area contributed by atoms with Gasteiger partial charge in [-0.3, -0.25) is 0 Å². The Bertz CT molecular complexity index is 501. The molecule has 0 N–H and O–H groups in total. The smallest absolute Gasteiger partial charge is 0.0129 e. The molecule has 0 amide bonds. The molecule has 0 atom stereocenters. The number of aryl methyl sites for hydroxylation is 1. The first-order valence-electron chi connectivity index (χ1n) is 6.04. The van der Waals surface area contributed by atoms with Crippen LogP contribution in [0, 0.1) is 0 Å². The molecule has 0 aliphatic heterocycles. The van der Waals surface area contributed by atoms with Crippen molar-refractivity contribution >= 4 is 10.8 Å². The van der Waals surface area contributed by atoms with Crippen LogP contribution in [0.5, 0.6) is 0 Å². The van der Waals surface area contributed by atoms with Crippen molar-refractivity contribution in [2.24, 2.45) is 0 Å². The van der Waals surface area contributed by atoms with Crippen LogP contribution in [0.25, 0.3) is 10.8 Å². The molecule has 2 rings (SSSR count). The van der Waals surface area contributed by atoms with E-state index in [0.29, 0.717) is 0 Å². The van der Waals surface area contributed by atoms with Crippen LogP contribution in [0.15, 0.2) is 36.4 Å². The highest BCUT2D eigenvalue weighted by molar-refractivity contribution is 5.84. The molecule has 0 spiro atoms. The Kier molecular flexibility index (Phi) is 2.75. The van der Waals surface area contributed by atoms with E-state index in [1.165, 1.54) is 21.9 Å². The van der Waals surface area contributed by atoms with Gasteiger partial charge in [0, 0.05) is 0 Å². The molecule has 84 valence electrons. The molecule has 0 bridgehead atoms. The summed E-state index contributed by atoms with van der Waals surface area (Å²) in [4.78, 5) is 0. The summed E-state index contributed by atoms with van der Waals surface area (Å²) in [6.07, 6.45) is 1.11. The van der Waals surface area contributed by atoms with Crippen molar-refractivity contribution in [3.05, 3.63) is 47.5 Å². The fourth-order valence-electron chi connectivity index (χ4n) is 2.28. The highest BCUT2D eigenvalue weighted by Gasteiger charge is 2.17. The third-order valence-electron chi connectivity index (χ3n) is 3.16.